The molecule has 0 aliphatic carbocycles. The first-order valence-electron chi connectivity index (χ1n) is 23.0. The molecule has 0 bridgehead atoms. The molecule has 0 aromatic rings. The fraction of sp³-hybridized carbons (Fsp3) is 0.812. The quantitative estimate of drug-likeness (QED) is 0.0267. The summed E-state index contributed by atoms with van der Waals surface area (Å²) in [7, 11) is 0. The van der Waals surface area contributed by atoms with Gasteiger partial charge in [-0.3, -0.25) is 14.4 Å². The van der Waals surface area contributed by atoms with E-state index in [0.29, 0.717) is 19.3 Å². The fourth-order valence-corrected chi connectivity index (χ4v) is 6.41. The molecule has 0 aromatic heterocycles. The molecule has 0 amide bonds. The van der Waals surface area contributed by atoms with Gasteiger partial charge in [0.15, 0.2) is 6.10 Å². The van der Waals surface area contributed by atoms with Crippen LogP contribution in [0.15, 0.2) is 36.5 Å². The van der Waals surface area contributed by atoms with Gasteiger partial charge in [-0.1, -0.05) is 179 Å². The standard InChI is InChI=1S/C48H86O6/c1-4-7-10-13-16-19-21-23-24-25-27-29-32-35-38-41-47(50)53-44-45(43-52-46(49)40-37-34-31-28-18-15-12-9-6-3)54-48(51)42-39-36-33-30-26-22-20-17-14-11-8-5-2/h9,12,18-19,21,28,45H,4-8,10-11,13-17,20,22-27,29-44H2,1-3H3/b12-9-,21-19-,28-18-. The Bertz CT molecular complexity index is 922. The lowest BCUT2D eigenvalue weighted by atomic mass is 10.0. The monoisotopic (exact) mass is 759 g/mol. The minimum atomic E-state index is -0.780. The minimum Gasteiger partial charge on any atom is -0.462 e. The maximum absolute atomic E-state index is 12.7. The Balaban J connectivity index is 4.35. The van der Waals surface area contributed by atoms with Gasteiger partial charge in [-0.05, 0) is 70.6 Å². The molecule has 0 saturated heterocycles. The van der Waals surface area contributed by atoms with E-state index in [1.54, 1.807) is 0 Å². The van der Waals surface area contributed by atoms with E-state index < -0.39 is 6.10 Å². The fourth-order valence-electron chi connectivity index (χ4n) is 6.41. The molecule has 0 spiro atoms. The van der Waals surface area contributed by atoms with E-state index in [9.17, 15) is 14.4 Å². The number of carbonyl (C=O) groups is 3. The van der Waals surface area contributed by atoms with Crippen LogP contribution < -0.4 is 0 Å². The van der Waals surface area contributed by atoms with Crippen molar-refractivity contribution in [2.24, 2.45) is 0 Å². The highest BCUT2D eigenvalue weighted by Crippen LogP contribution is 2.14. The maximum atomic E-state index is 12.7. The van der Waals surface area contributed by atoms with Crippen molar-refractivity contribution in [3.63, 3.8) is 0 Å². The highest BCUT2D eigenvalue weighted by atomic mass is 16.6. The molecule has 314 valence electrons. The van der Waals surface area contributed by atoms with Crippen molar-refractivity contribution in [1.29, 1.82) is 0 Å². The zero-order valence-electron chi connectivity index (χ0n) is 35.7. The second-order valence-electron chi connectivity index (χ2n) is 15.3. The largest absolute Gasteiger partial charge is 0.462 e. The molecule has 54 heavy (non-hydrogen) atoms. The topological polar surface area (TPSA) is 78.9 Å². The third-order valence-corrected chi connectivity index (χ3v) is 9.88. The molecule has 6 nitrogen and oxygen atoms in total. The number of rotatable bonds is 41. The second kappa shape index (κ2) is 43.4. The van der Waals surface area contributed by atoms with E-state index in [4.69, 9.17) is 14.2 Å². The Kier molecular flexibility index (Phi) is 41.5. The van der Waals surface area contributed by atoms with Crippen LogP contribution in [0.2, 0.25) is 0 Å². The lowest BCUT2D eigenvalue weighted by Gasteiger charge is -2.18. The summed E-state index contributed by atoms with van der Waals surface area (Å²) in [4.78, 5) is 37.7. The Hall–Kier alpha value is -2.37. The predicted octanol–water partition coefficient (Wildman–Crippen LogP) is 14.6. The van der Waals surface area contributed by atoms with Crippen LogP contribution in [0.4, 0.5) is 0 Å². The van der Waals surface area contributed by atoms with Gasteiger partial charge in [0.25, 0.3) is 0 Å². The van der Waals surface area contributed by atoms with E-state index in [2.05, 4.69) is 57.2 Å². The van der Waals surface area contributed by atoms with Gasteiger partial charge < -0.3 is 14.2 Å². The zero-order chi connectivity index (χ0) is 39.4. The number of esters is 3. The number of unbranched alkanes of at least 4 members (excludes halogenated alkanes) is 24. The molecule has 0 aliphatic heterocycles. The van der Waals surface area contributed by atoms with Crippen LogP contribution in [0.1, 0.15) is 233 Å². The highest BCUT2D eigenvalue weighted by Gasteiger charge is 2.19. The molecule has 0 saturated carbocycles. The van der Waals surface area contributed by atoms with Gasteiger partial charge in [0, 0.05) is 19.3 Å². The third-order valence-electron chi connectivity index (χ3n) is 9.88. The van der Waals surface area contributed by atoms with Crippen LogP contribution in [-0.4, -0.2) is 37.2 Å². The van der Waals surface area contributed by atoms with Gasteiger partial charge in [-0.25, -0.2) is 0 Å². The molecule has 0 fully saturated rings. The Morgan fingerprint density at radius 3 is 1.19 bits per heavy atom. The van der Waals surface area contributed by atoms with E-state index in [-0.39, 0.29) is 31.1 Å². The van der Waals surface area contributed by atoms with Crippen molar-refractivity contribution < 1.29 is 28.6 Å². The van der Waals surface area contributed by atoms with Gasteiger partial charge in [-0.15, -0.1) is 0 Å². The van der Waals surface area contributed by atoms with Crippen molar-refractivity contribution >= 4 is 17.9 Å². The lowest BCUT2D eigenvalue weighted by Crippen LogP contribution is -2.30. The van der Waals surface area contributed by atoms with Crippen LogP contribution in [-0.2, 0) is 28.6 Å². The van der Waals surface area contributed by atoms with Crippen LogP contribution in [0.25, 0.3) is 0 Å². The molecule has 0 rings (SSSR count). The lowest BCUT2D eigenvalue weighted by molar-refractivity contribution is -0.167. The summed E-state index contributed by atoms with van der Waals surface area (Å²) in [5.74, 6) is -0.923. The van der Waals surface area contributed by atoms with Crippen LogP contribution in [0.3, 0.4) is 0 Å². The first-order chi connectivity index (χ1) is 26.5. The summed E-state index contributed by atoms with van der Waals surface area (Å²) in [5, 5.41) is 0. The van der Waals surface area contributed by atoms with E-state index in [0.717, 1.165) is 70.6 Å². The van der Waals surface area contributed by atoms with E-state index >= 15 is 0 Å². The number of allylic oxidation sites excluding steroid dienone is 6. The average molecular weight is 759 g/mol. The number of ether oxygens (including phenoxy) is 3. The smallest absolute Gasteiger partial charge is 0.306 e. The summed E-state index contributed by atoms with van der Waals surface area (Å²) in [6.07, 6.45) is 48.5. The van der Waals surface area contributed by atoms with Crippen LogP contribution in [0, 0.1) is 0 Å². The van der Waals surface area contributed by atoms with Gasteiger partial charge in [-0.2, -0.15) is 0 Å². The molecular weight excluding hydrogens is 673 g/mol. The Morgan fingerprint density at radius 2 is 0.722 bits per heavy atom. The minimum absolute atomic E-state index is 0.0826. The molecule has 0 aromatic carbocycles. The summed E-state index contributed by atoms with van der Waals surface area (Å²) < 4.78 is 16.7. The SMILES string of the molecule is CC/C=C\C/C=C\CCCCC(=O)OCC(COC(=O)CCCCCCCCC/C=C\CCCCCC)OC(=O)CCCCCCCCCCCCCC. The number of hydrogen-bond acceptors (Lipinski definition) is 6. The molecule has 0 heterocycles. The van der Waals surface area contributed by atoms with Crippen LogP contribution >= 0.6 is 0 Å². The molecule has 0 N–H and O–H groups in total. The van der Waals surface area contributed by atoms with Crippen molar-refractivity contribution in [2.75, 3.05) is 13.2 Å². The summed E-state index contributed by atoms with van der Waals surface area (Å²) in [5.41, 5.74) is 0. The predicted molar refractivity (Wildman–Crippen MR) is 229 cm³/mol. The van der Waals surface area contributed by atoms with E-state index in [1.807, 2.05) is 0 Å². The summed E-state index contributed by atoms with van der Waals surface area (Å²) in [6, 6.07) is 0. The molecule has 1 atom stereocenters. The molecule has 1 unspecified atom stereocenters. The number of hydrogen-bond donors (Lipinski definition) is 0. The van der Waals surface area contributed by atoms with Crippen molar-refractivity contribution in [3.8, 4) is 0 Å². The first kappa shape index (κ1) is 51.6. The Morgan fingerprint density at radius 1 is 0.389 bits per heavy atom. The normalized spacial score (nSPS) is 12.3. The van der Waals surface area contributed by atoms with E-state index in [1.165, 1.54) is 122 Å². The average Bonchev–Trinajstić information content (AvgIpc) is 3.17. The van der Waals surface area contributed by atoms with Gasteiger partial charge in [0.2, 0.25) is 0 Å². The Labute approximate surface area is 334 Å². The van der Waals surface area contributed by atoms with Crippen molar-refractivity contribution in [3.05, 3.63) is 36.5 Å². The summed E-state index contributed by atoms with van der Waals surface area (Å²) in [6.45, 7) is 6.46. The first-order valence-corrected chi connectivity index (χ1v) is 23.0. The molecule has 6 heteroatoms. The van der Waals surface area contributed by atoms with Gasteiger partial charge in [0.1, 0.15) is 13.2 Å². The zero-order valence-corrected chi connectivity index (χ0v) is 35.7. The molecular formula is C48H86O6. The van der Waals surface area contributed by atoms with Gasteiger partial charge in [0.05, 0.1) is 0 Å². The molecule has 0 radical (unpaired) electrons. The third kappa shape index (κ3) is 40.8. The highest BCUT2D eigenvalue weighted by molar-refractivity contribution is 5.71. The van der Waals surface area contributed by atoms with Crippen molar-refractivity contribution in [2.45, 2.75) is 239 Å². The summed E-state index contributed by atoms with van der Waals surface area (Å²) >= 11 is 0. The van der Waals surface area contributed by atoms with Crippen LogP contribution in [0.5, 0.6) is 0 Å². The number of carbonyl (C=O) groups excluding carboxylic acids is 3. The maximum Gasteiger partial charge on any atom is 0.306 e. The van der Waals surface area contributed by atoms with Gasteiger partial charge >= 0.3 is 17.9 Å². The molecule has 0 aliphatic rings. The van der Waals surface area contributed by atoms with Crippen molar-refractivity contribution in [1.82, 2.24) is 0 Å². The second-order valence-corrected chi connectivity index (χ2v) is 15.3.